The van der Waals surface area contributed by atoms with E-state index in [1.165, 1.54) is 39.0 Å². The van der Waals surface area contributed by atoms with Crippen molar-refractivity contribution in [2.24, 2.45) is 0 Å². The van der Waals surface area contributed by atoms with Gasteiger partial charge in [-0.3, -0.25) is 44.1 Å². The van der Waals surface area contributed by atoms with Crippen LogP contribution in [0.4, 0.5) is 17.5 Å². The second-order valence-corrected chi connectivity index (χ2v) is 38.9. The number of carboxylic acid groups (broad SMARTS) is 2. The number of carbonyl (C=O) groups excluding carboxylic acids is 6. The van der Waals surface area contributed by atoms with Crippen LogP contribution in [-0.4, -0.2) is 249 Å². The molecular formula is C100H124B5BrLiN16O18-. The Kier molecular flexibility index (Phi) is 39.2. The first-order valence-electron chi connectivity index (χ1n) is 47.1. The molecule has 9 aliphatic rings. The van der Waals surface area contributed by atoms with Gasteiger partial charge in [-0.25, -0.2) is 34.1 Å². The van der Waals surface area contributed by atoms with Crippen molar-refractivity contribution in [1.29, 1.82) is 0 Å². The number of amides is 3. The van der Waals surface area contributed by atoms with Gasteiger partial charge in [0.25, 0.3) is 0 Å². The van der Waals surface area contributed by atoms with Crippen LogP contribution in [0.15, 0.2) is 133 Å². The van der Waals surface area contributed by atoms with Gasteiger partial charge in [0, 0.05) is 126 Å². The van der Waals surface area contributed by atoms with Crippen molar-refractivity contribution in [2.45, 2.75) is 216 Å². The van der Waals surface area contributed by atoms with Crippen LogP contribution in [0.3, 0.4) is 0 Å². The minimum atomic E-state index is -1.02. The van der Waals surface area contributed by atoms with Crippen LogP contribution in [-0.2, 0) is 117 Å². The van der Waals surface area contributed by atoms with E-state index in [2.05, 4.69) is 129 Å². The average molecular weight is 1980 g/mol. The number of allylic oxidation sites excluding steroid dienone is 4. The van der Waals surface area contributed by atoms with Crippen LogP contribution in [0.5, 0.6) is 0 Å². The minimum Gasteiger partial charge on any atom is -1.00 e. The van der Waals surface area contributed by atoms with Crippen molar-refractivity contribution in [3.8, 4) is 0 Å². The van der Waals surface area contributed by atoms with Crippen molar-refractivity contribution in [3.63, 3.8) is 0 Å². The second kappa shape index (κ2) is 49.4. The molecule has 8 aromatic heterocycles. The number of methoxy groups -OCH3 is 2. The number of carbonyl (C=O) groups is 8. The molecule has 5 aliphatic carbocycles. The molecule has 4 aliphatic heterocycles. The van der Waals surface area contributed by atoms with Gasteiger partial charge in [0.2, 0.25) is 17.7 Å². The number of rotatable bonds is 31. The summed E-state index contributed by atoms with van der Waals surface area (Å²) in [4.78, 5) is 139. The molecule has 0 unspecified atom stereocenters. The van der Waals surface area contributed by atoms with Crippen molar-refractivity contribution < 1.29 is 106 Å². The number of aromatic carboxylic acids is 2. The zero-order valence-electron chi connectivity index (χ0n) is 82.8. The smallest absolute Gasteiger partial charge is 1.00 e. The van der Waals surface area contributed by atoms with Gasteiger partial charge in [0.1, 0.15) is 23.2 Å². The maximum Gasteiger partial charge on any atom is 1.00 e. The van der Waals surface area contributed by atoms with E-state index in [9.17, 15) is 63.6 Å². The molecule has 0 aromatic carbocycles. The van der Waals surface area contributed by atoms with E-state index in [-0.39, 0.29) is 87.3 Å². The maximum absolute atomic E-state index is 13.0. The van der Waals surface area contributed by atoms with Crippen molar-refractivity contribution >= 4 is 136 Å². The summed E-state index contributed by atoms with van der Waals surface area (Å²) in [5, 5.41) is 64.9. The normalized spacial score (nSPS) is 19.2. The number of ketones is 1. The number of hydrogen-bond acceptors (Lipinski definition) is 28. The molecule has 3 amide bonds. The molecule has 4 radical (unpaired) electrons. The Hall–Kier alpha value is -10.9. The number of fused-ring (bicyclic) bond motifs is 12. The van der Waals surface area contributed by atoms with Gasteiger partial charge in [-0.15, -0.1) is 0 Å². The predicted molar refractivity (Wildman–Crippen MR) is 542 cm³/mol. The number of anilines is 3. The van der Waals surface area contributed by atoms with E-state index >= 15 is 0 Å². The van der Waals surface area contributed by atoms with Crippen LogP contribution >= 0.6 is 15.9 Å². The van der Waals surface area contributed by atoms with E-state index in [4.69, 9.17) is 29.9 Å². The van der Waals surface area contributed by atoms with Gasteiger partial charge in [-0.1, -0.05) is 48.5 Å². The number of esters is 2. The number of ether oxygens (including phenoxy) is 2. The molecule has 34 nitrogen and oxygen atoms in total. The molecule has 141 heavy (non-hydrogen) atoms. The van der Waals surface area contributed by atoms with E-state index in [0.29, 0.717) is 86.4 Å². The number of unbranched alkanes of at least 4 members (excludes halogenated alkanes) is 8. The Morgan fingerprint density at radius 2 is 0.780 bits per heavy atom. The molecule has 736 valence electrons. The molecule has 1 fully saturated rings. The van der Waals surface area contributed by atoms with Crippen LogP contribution in [0.2, 0.25) is 20.5 Å². The Morgan fingerprint density at radius 3 is 1.12 bits per heavy atom. The number of hydrogen-bond donors (Lipinski definition) is 10. The molecule has 4 atom stereocenters. The summed E-state index contributed by atoms with van der Waals surface area (Å²) in [6.45, 7) is 17.2. The van der Waals surface area contributed by atoms with E-state index in [0.717, 1.165) is 197 Å². The zero-order valence-corrected chi connectivity index (χ0v) is 84.4. The van der Waals surface area contributed by atoms with Gasteiger partial charge in [0.05, 0.1) is 75.0 Å². The molecule has 17 rings (SSSR count). The van der Waals surface area contributed by atoms with Crippen LogP contribution in [0.1, 0.15) is 236 Å². The molecule has 11 N–H and O–H groups in total. The fourth-order valence-electron chi connectivity index (χ4n) is 18.7. The molecule has 41 heteroatoms. The summed E-state index contributed by atoms with van der Waals surface area (Å²) in [7, 11) is 8.93. The Balaban J connectivity index is 0.000000182. The zero-order chi connectivity index (χ0) is 100. The monoisotopic (exact) mass is 1980 g/mol. The second-order valence-electron chi connectivity index (χ2n) is 37.9. The van der Waals surface area contributed by atoms with Gasteiger partial charge in [-0.2, -0.15) is 0 Å². The van der Waals surface area contributed by atoms with Crippen molar-refractivity contribution in [1.82, 2.24) is 59.6 Å². The standard InChI is InChI=1S/C24H29BN4O4.C23H27BN4O4.C22H24N4O3.C17H13BrN2O3.C14H29B2NO3.B.Li.H2NO/c1-25(32)29(2)9-7-5-4-6-8-16-10-19-21(27-14-16)28-23(31)24(19)12-17-11-18(22(30)33-3)15-26-20(17)13-24;1-24(32)28(2)8-6-4-3-5-7-15-9-18-20(26-13-15)27-22(31)23(18)11-16-10-17(21(29)30)14-25-19(16)12-23;1-23-7-5-3-2-4-6-14-8-17-19(25-12-14)26-21(29)22(17)10-15-9-16(20(27)28)13-24-18(15)11-22;1-23-16(22)10-2-9-5-17(6-14(9)19-7-10)12-3-11(18)8-20-13(12)4-15(17)21;1-13(2)14(3,4)20-16(19-13)11-9-7-8-10-12-17(6)15(5)18;;;1-2/h6,8,10-11,14-15,32H,4-5,7,9,12-13H2,1-3H3,(H,27,28,31);5,7,9-10,13-14,32H,3-4,6,8,11-12H2,1-2H3,(H,29,30)(H,26,27,31);4,6,8-9,12-13,23H,2-3,5,7,10-11H2,1H3,(H,27,28)(H,25,26,29);2-3,7-8H,4-6H2,1H3;9,11,18H,7-8,10,12H2,1-6H3;;;1-2H/q;;;;;-1;+1;-1/b8-6+;7-5+;6-4+;;11-9+;;;/t24-;23-;22-;17-;;;;/m0000..../s1. The fraction of sp³-hybridized carbons (Fsp3) is 0.440. The van der Waals surface area contributed by atoms with Crippen molar-refractivity contribution in [2.75, 3.05) is 84.5 Å². The summed E-state index contributed by atoms with van der Waals surface area (Å²) < 4.78 is 22.2. The van der Waals surface area contributed by atoms with Crippen molar-refractivity contribution in [3.05, 3.63) is 251 Å². The number of halogens is 1. The van der Waals surface area contributed by atoms with E-state index < -0.39 is 59.6 Å². The third-order valence-electron chi connectivity index (χ3n) is 27.9. The maximum atomic E-state index is 13.0. The largest absolute Gasteiger partial charge is 1.00 e. The summed E-state index contributed by atoms with van der Waals surface area (Å²) in [5.41, 5.74) is 11.6. The number of aromatic nitrogens is 8. The quantitative estimate of drug-likeness (QED) is 0.00837. The Labute approximate surface area is 847 Å². The first-order valence-corrected chi connectivity index (χ1v) is 47.9. The minimum absolute atomic E-state index is 0. The molecule has 0 bridgehead atoms. The summed E-state index contributed by atoms with van der Waals surface area (Å²) >= 11 is 3.44. The number of pyridine rings is 8. The number of nitrogens with zero attached hydrogens (tertiary/aromatic N) is 11. The van der Waals surface area contributed by atoms with Gasteiger partial charge < -0.3 is 99.3 Å². The average Bonchev–Trinajstić information content (AvgIpc) is 1.57. The third kappa shape index (κ3) is 26.0. The van der Waals surface area contributed by atoms with E-state index in [1.54, 1.807) is 69.5 Å². The first kappa shape index (κ1) is 112. The van der Waals surface area contributed by atoms with Crippen LogP contribution in [0, 0.1) is 0 Å². The molecular weight excluding hydrogens is 1850 g/mol. The predicted octanol–water partition coefficient (Wildman–Crippen LogP) is 9.06. The third-order valence-corrected chi connectivity index (χ3v) is 28.3. The molecule has 4 spiro atoms. The first-order chi connectivity index (χ1) is 66.3. The van der Waals surface area contributed by atoms with Gasteiger partial charge in [0.15, 0.2) is 0 Å². The SMILES string of the molecule is CB(O)N(C)CCCC/C=C/B1OC(C)(C)C(C)(C)O1.CB(O)N(C)CCCC/C=C/c1cnc2c(c1)[C@@]1(Cc3cc(C(=O)O)cnc3C1)C(=O)N2.CNCCCC/C=C/c1cnc2c(c1)[C@@]1(Cc3cc(C(=O)O)cnc3C1)C(=O)N2.COC(=O)c1cnc2c(c1)C[C@@]1(C2)C(=O)Cc2ncc(Br)cc21.COC(=O)c1cnc2c(c1)C[C@@]1(C2)C(=O)Nc2ncc(/C=C/CCCCN(C)B(C)O)cc21.[B-].[Li+].[NH-]O. The van der Waals surface area contributed by atoms with E-state index in [1.807, 2.05) is 91.1 Å². The number of carboxylic acids is 2. The summed E-state index contributed by atoms with van der Waals surface area (Å²) in [6.07, 6.45) is 43.9. The fourth-order valence-corrected chi connectivity index (χ4v) is 19.0. The Bertz CT molecular complexity index is 6010. The molecule has 0 saturated carbocycles. The molecule has 8 aromatic rings. The molecule has 12 heterocycles. The summed E-state index contributed by atoms with van der Waals surface area (Å²) in [6, 6.07) is 14.9. The van der Waals surface area contributed by atoms with Gasteiger partial charge >= 0.3 is 71.0 Å². The molecule has 1 saturated heterocycles. The topological polar surface area (TPSA) is 480 Å². The van der Waals surface area contributed by atoms with Gasteiger partial charge in [-0.05, 0) is 314 Å². The van der Waals surface area contributed by atoms with Crippen LogP contribution in [0.25, 0.3) is 24.1 Å². The Morgan fingerprint density at radius 1 is 0.461 bits per heavy atom. The summed E-state index contributed by atoms with van der Waals surface area (Å²) in [5.74, 6) is 5.52. The van der Waals surface area contributed by atoms with Crippen LogP contribution < -0.4 is 40.1 Å². The number of Topliss-reactive ketones (excluding diaryl/α,β-unsaturated/α-hetero) is 1. The number of nitrogens with one attached hydrogen (secondary N) is 5.